The molecule has 6 N–H and O–H groups in total. The summed E-state index contributed by atoms with van der Waals surface area (Å²) in [6.45, 7) is 0. The summed E-state index contributed by atoms with van der Waals surface area (Å²) in [6.07, 6.45) is -0.123. The van der Waals surface area contributed by atoms with E-state index in [0.717, 1.165) is 6.07 Å². The van der Waals surface area contributed by atoms with Gasteiger partial charge in [-0.1, -0.05) is 6.07 Å². The van der Waals surface area contributed by atoms with Crippen LogP contribution in [-0.4, -0.2) is 68.5 Å². The fourth-order valence-electron chi connectivity index (χ4n) is 6.20. The molecule has 3 aliphatic carbocycles. The van der Waals surface area contributed by atoms with Crippen molar-refractivity contribution in [1.82, 2.24) is 4.90 Å². The van der Waals surface area contributed by atoms with E-state index in [2.05, 4.69) is 0 Å². The van der Waals surface area contributed by atoms with Gasteiger partial charge in [0.05, 0.1) is 11.6 Å². The maximum Gasteiger partial charge on any atom is 0.255 e. The van der Waals surface area contributed by atoms with E-state index in [1.807, 2.05) is 0 Å². The Hall–Kier alpha value is -4.09. The highest BCUT2D eigenvalue weighted by Gasteiger charge is 2.64. The number of halogens is 2. The fraction of sp³-hybridized carbons (Fsp3) is 0.296. The minimum atomic E-state index is -2.75. The predicted molar refractivity (Wildman–Crippen MR) is 130 cm³/mol. The topological polar surface area (TPSA) is 161 Å². The van der Waals surface area contributed by atoms with Crippen LogP contribution < -0.4 is 5.73 Å². The summed E-state index contributed by atoms with van der Waals surface area (Å²) in [6, 6.07) is 4.35. The molecule has 5 rings (SSSR count). The molecule has 38 heavy (non-hydrogen) atoms. The zero-order valence-electron chi connectivity index (χ0n) is 20.3. The summed E-state index contributed by atoms with van der Waals surface area (Å²) >= 11 is 0. The number of phenols is 1. The van der Waals surface area contributed by atoms with Gasteiger partial charge >= 0.3 is 0 Å². The van der Waals surface area contributed by atoms with Crippen LogP contribution in [0.4, 0.5) is 8.78 Å². The number of aliphatic hydroxyl groups excluding tert-OH is 2. The number of hydrogen-bond acceptors (Lipinski definition) is 8. The Morgan fingerprint density at radius 3 is 2.34 bits per heavy atom. The number of likely N-dealkylation sites (N-methyl/N-ethyl adjacent to an activating group) is 1. The number of ketones is 2. The molecule has 0 saturated heterocycles. The molecule has 1 fully saturated rings. The number of amides is 1. The Morgan fingerprint density at radius 1 is 1.08 bits per heavy atom. The minimum absolute atomic E-state index is 0.00299. The Bertz CT molecular complexity index is 1510. The summed E-state index contributed by atoms with van der Waals surface area (Å²) in [5.74, 6) is -9.34. The van der Waals surface area contributed by atoms with E-state index in [-0.39, 0.29) is 40.7 Å². The molecule has 198 valence electrons. The molecule has 0 radical (unpaired) electrons. The summed E-state index contributed by atoms with van der Waals surface area (Å²) < 4.78 is 28.3. The highest BCUT2D eigenvalue weighted by Crippen LogP contribution is 2.53. The smallest absolute Gasteiger partial charge is 0.255 e. The molecule has 0 heterocycles. The highest BCUT2D eigenvalue weighted by molar-refractivity contribution is 6.24. The van der Waals surface area contributed by atoms with Gasteiger partial charge in [-0.05, 0) is 62.2 Å². The molecule has 2 aromatic carbocycles. The van der Waals surface area contributed by atoms with Crippen LogP contribution in [0.25, 0.3) is 16.9 Å². The van der Waals surface area contributed by atoms with E-state index in [0.29, 0.717) is 6.07 Å². The van der Waals surface area contributed by atoms with Crippen LogP contribution in [0, 0.1) is 23.5 Å². The van der Waals surface area contributed by atoms with E-state index in [1.54, 1.807) is 0 Å². The van der Waals surface area contributed by atoms with Gasteiger partial charge in [-0.2, -0.15) is 0 Å². The third kappa shape index (κ3) is 3.31. The molecule has 0 aromatic heterocycles. The van der Waals surface area contributed by atoms with Crippen molar-refractivity contribution in [2.75, 3.05) is 14.1 Å². The van der Waals surface area contributed by atoms with Crippen molar-refractivity contribution in [1.29, 1.82) is 0 Å². The number of aromatic hydroxyl groups is 1. The number of nitrogens with two attached hydrogens (primary N) is 1. The Labute approximate surface area is 215 Å². The van der Waals surface area contributed by atoms with Crippen molar-refractivity contribution in [3.05, 3.63) is 70.0 Å². The maximum atomic E-state index is 14.7. The molecular formula is C27H24F2N2O7. The number of hydrogen-bond donors (Lipinski definition) is 5. The molecule has 9 nitrogen and oxygen atoms in total. The molecule has 2 aromatic rings. The first kappa shape index (κ1) is 25.6. The molecule has 0 bridgehead atoms. The molecule has 4 atom stereocenters. The maximum absolute atomic E-state index is 14.7. The number of carbonyl (C=O) groups excluding carboxylic acids is 3. The third-order valence-electron chi connectivity index (χ3n) is 7.83. The van der Waals surface area contributed by atoms with Gasteiger partial charge in [0, 0.05) is 23.1 Å². The van der Waals surface area contributed by atoms with E-state index in [1.165, 1.54) is 37.2 Å². The van der Waals surface area contributed by atoms with E-state index in [9.17, 15) is 43.6 Å². The van der Waals surface area contributed by atoms with Crippen LogP contribution in [0.2, 0.25) is 0 Å². The summed E-state index contributed by atoms with van der Waals surface area (Å²) in [5, 5.41) is 44.3. The van der Waals surface area contributed by atoms with Gasteiger partial charge in [-0.15, -0.1) is 0 Å². The lowest BCUT2D eigenvalue weighted by atomic mass is 9.57. The number of aliphatic hydroxyl groups is 3. The van der Waals surface area contributed by atoms with Crippen LogP contribution in [-0.2, 0) is 20.8 Å². The third-order valence-corrected chi connectivity index (χ3v) is 7.83. The van der Waals surface area contributed by atoms with Gasteiger partial charge in [0.15, 0.2) is 11.4 Å². The lowest BCUT2D eigenvalue weighted by Gasteiger charge is -2.50. The van der Waals surface area contributed by atoms with Crippen molar-refractivity contribution >= 4 is 23.2 Å². The number of carbonyl (C=O) groups is 3. The minimum Gasteiger partial charge on any atom is -0.508 e. The quantitative estimate of drug-likeness (QED) is 0.379. The summed E-state index contributed by atoms with van der Waals surface area (Å²) in [4.78, 5) is 40.4. The van der Waals surface area contributed by atoms with E-state index in [4.69, 9.17) is 5.73 Å². The summed E-state index contributed by atoms with van der Waals surface area (Å²) in [7, 11) is 3.00. The van der Waals surface area contributed by atoms with Crippen molar-refractivity contribution in [3.63, 3.8) is 0 Å². The Morgan fingerprint density at radius 2 is 1.74 bits per heavy atom. The van der Waals surface area contributed by atoms with E-state index < -0.39 is 75.4 Å². The molecule has 0 aliphatic heterocycles. The van der Waals surface area contributed by atoms with Gasteiger partial charge in [0.2, 0.25) is 5.78 Å². The SMILES string of the molecule is CN(C)[C@@H]1C(=O)C(C(N)=O)=C(O)[C@@]2(O)C(=O)C3=C(O)c4c(O)ccc(-c5ccc(F)cc5F)c4C[C@@H]3C[C@H]12. The highest BCUT2D eigenvalue weighted by atomic mass is 19.1. The first-order valence-electron chi connectivity index (χ1n) is 11.8. The van der Waals surface area contributed by atoms with Crippen LogP contribution in [0.3, 0.4) is 0 Å². The number of rotatable bonds is 3. The van der Waals surface area contributed by atoms with Crippen LogP contribution in [0.1, 0.15) is 17.5 Å². The normalized spacial score (nSPS) is 26.8. The molecule has 11 heteroatoms. The zero-order chi connectivity index (χ0) is 27.8. The lowest BCUT2D eigenvalue weighted by Crippen LogP contribution is -2.65. The van der Waals surface area contributed by atoms with Crippen molar-refractivity contribution in [2.24, 2.45) is 17.6 Å². The number of Topliss-reactive ketones (excluding diaryl/α,β-unsaturated/α-hetero) is 2. The lowest BCUT2D eigenvalue weighted by molar-refractivity contribution is -0.153. The van der Waals surface area contributed by atoms with Gasteiger partial charge in [-0.3, -0.25) is 19.3 Å². The number of fused-ring (bicyclic) bond motifs is 3. The van der Waals surface area contributed by atoms with Crippen LogP contribution >= 0.6 is 0 Å². The monoisotopic (exact) mass is 526 g/mol. The molecule has 1 amide bonds. The molecule has 1 saturated carbocycles. The van der Waals surface area contributed by atoms with Crippen molar-refractivity contribution in [2.45, 2.75) is 24.5 Å². The number of phenolic OH excluding ortho intramolecular Hbond substituents is 1. The number of primary amides is 1. The number of benzene rings is 2. The van der Waals surface area contributed by atoms with Crippen molar-refractivity contribution in [3.8, 4) is 16.9 Å². The molecule has 0 unspecified atom stereocenters. The first-order valence-corrected chi connectivity index (χ1v) is 11.8. The number of nitrogens with zero attached hydrogens (tertiary/aromatic N) is 1. The second-order valence-electron chi connectivity index (χ2n) is 10.1. The second kappa shape index (κ2) is 8.47. The molecular weight excluding hydrogens is 502 g/mol. The van der Waals surface area contributed by atoms with Crippen molar-refractivity contribution < 1.29 is 43.6 Å². The van der Waals surface area contributed by atoms with Gasteiger partial charge in [0.1, 0.15) is 34.5 Å². The van der Waals surface area contributed by atoms with Gasteiger partial charge in [0.25, 0.3) is 5.91 Å². The van der Waals surface area contributed by atoms with Gasteiger partial charge in [-0.25, -0.2) is 8.78 Å². The van der Waals surface area contributed by atoms with Gasteiger partial charge < -0.3 is 26.2 Å². The Balaban J connectivity index is 1.75. The molecule has 3 aliphatic rings. The predicted octanol–water partition coefficient (Wildman–Crippen LogP) is 1.91. The second-order valence-corrected chi connectivity index (χ2v) is 10.1. The average Bonchev–Trinajstić information content (AvgIpc) is 2.81. The van der Waals surface area contributed by atoms with E-state index >= 15 is 0 Å². The average molecular weight is 526 g/mol. The first-order chi connectivity index (χ1) is 17.8. The van der Waals surface area contributed by atoms with Crippen LogP contribution in [0.15, 0.2) is 47.2 Å². The standard InChI is InChI=1S/C27H24F2N2O7/c1-31(2)21-15-8-10-7-14-12(13-4-3-11(28)9-16(13)29)5-6-17(32)19(14)22(33)18(10)24(35)27(15,38)25(36)20(23(21)34)26(30)37/h3-6,9-10,15,21,32-33,36,38H,7-8H2,1-2H3,(H2,30,37)/t10-,15-,21+,27+/m1/s1. The largest absolute Gasteiger partial charge is 0.508 e. The zero-order valence-corrected chi connectivity index (χ0v) is 20.3. The Kier molecular flexibility index (Phi) is 5.69. The summed E-state index contributed by atoms with van der Waals surface area (Å²) in [5.41, 5.74) is 1.69. The fourth-order valence-corrected chi connectivity index (χ4v) is 6.20. The molecule has 0 spiro atoms. The van der Waals surface area contributed by atoms with Crippen LogP contribution in [0.5, 0.6) is 5.75 Å².